The van der Waals surface area contributed by atoms with E-state index in [1.165, 1.54) is 24.0 Å². The number of nitrogens with one attached hydrogen (secondary N) is 1. The Morgan fingerprint density at radius 1 is 1.35 bits per heavy atom. The van der Waals surface area contributed by atoms with Gasteiger partial charge in [-0.1, -0.05) is 12.1 Å². The average Bonchev–Trinajstić information content (AvgIpc) is 2.82. The molecule has 5 heteroatoms. The van der Waals surface area contributed by atoms with Crippen LogP contribution in [0.5, 0.6) is 0 Å². The van der Waals surface area contributed by atoms with E-state index in [1.807, 2.05) is 0 Å². The van der Waals surface area contributed by atoms with Crippen LogP contribution in [0.25, 0.3) is 0 Å². The molecule has 0 aliphatic rings. The summed E-state index contributed by atoms with van der Waals surface area (Å²) in [5.74, 6) is -0.0382. The van der Waals surface area contributed by atoms with Crippen molar-refractivity contribution in [1.82, 2.24) is 9.55 Å². The number of benzene rings is 1. The third-order valence-electron chi connectivity index (χ3n) is 2.26. The molecule has 1 amide bonds. The number of imidazole rings is 1. The van der Waals surface area contributed by atoms with Crippen LogP contribution in [-0.4, -0.2) is 21.4 Å². The number of carbonyl (C=O) groups excluding carboxylic acids is 2. The predicted molar refractivity (Wildman–Crippen MR) is 63.1 cm³/mol. The maximum absolute atomic E-state index is 11.7. The second-order valence-electron chi connectivity index (χ2n) is 3.54. The van der Waals surface area contributed by atoms with Gasteiger partial charge in [0.2, 0.25) is 0 Å². The first-order valence-electron chi connectivity index (χ1n) is 5.07. The maximum Gasteiger partial charge on any atom is 0.331 e. The van der Waals surface area contributed by atoms with Gasteiger partial charge in [0, 0.05) is 23.6 Å². The lowest BCUT2D eigenvalue weighted by Crippen LogP contribution is -2.17. The topological polar surface area (TPSA) is 64.0 Å². The van der Waals surface area contributed by atoms with Gasteiger partial charge >= 0.3 is 6.03 Å². The molecular formula is C12H11N3O2. The zero-order chi connectivity index (χ0) is 12.3. The average molecular weight is 229 g/mol. The molecule has 0 aliphatic carbocycles. The van der Waals surface area contributed by atoms with Crippen molar-refractivity contribution in [3.05, 3.63) is 48.5 Å². The standard InChI is InChI=1S/C12H11N3O2/c1-9(16)10-3-2-4-11(7-10)14-12(17)15-6-5-13-8-15/h2-8H,1H3,(H,14,17). The normalized spacial score (nSPS) is 9.94. The summed E-state index contributed by atoms with van der Waals surface area (Å²) in [6, 6.07) is 6.47. The zero-order valence-corrected chi connectivity index (χ0v) is 9.25. The zero-order valence-electron chi connectivity index (χ0n) is 9.25. The van der Waals surface area contributed by atoms with Gasteiger partial charge in [-0.25, -0.2) is 9.78 Å². The Bertz CT molecular complexity index is 547. The van der Waals surface area contributed by atoms with Crippen molar-refractivity contribution >= 4 is 17.5 Å². The SMILES string of the molecule is CC(=O)c1cccc(NC(=O)n2ccnc2)c1. The number of ketones is 1. The van der Waals surface area contributed by atoms with E-state index in [9.17, 15) is 9.59 Å². The first-order chi connectivity index (χ1) is 8.16. The summed E-state index contributed by atoms with van der Waals surface area (Å²) in [7, 11) is 0. The van der Waals surface area contributed by atoms with E-state index in [0.717, 1.165) is 0 Å². The third kappa shape index (κ3) is 2.57. The van der Waals surface area contributed by atoms with E-state index in [1.54, 1.807) is 30.5 Å². The third-order valence-corrected chi connectivity index (χ3v) is 2.26. The number of amides is 1. The van der Waals surface area contributed by atoms with Crippen LogP contribution >= 0.6 is 0 Å². The molecule has 0 fully saturated rings. The van der Waals surface area contributed by atoms with Crippen molar-refractivity contribution in [3.63, 3.8) is 0 Å². The fourth-order valence-electron chi connectivity index (χ4n) is 1.38. The van der Waals surface area contributed by atoms with Gasteiger partial charge in [-0.15, -0.1) is 0 Å². The second-order valence-corrected chi connectivity index (χ2v) is 3.54. The van der Waals surface area contributed by atoms with Crippen LogP contribution in [-0.2, 0) is 0 Å². The summed E-state index contributed by atoms with van der Waals surface area (Å²) >= 11 is 0. The van der Waals surface area contributed by atoms with Crippen LogP contribution in [0.15, 0.2) is 43.0 Å². The molecule has 0 bridgehead atoms. The molecule has 1 heterocycles. The molecule has 0 radical (unpaired) electrons. The number of aromatic nitrogens is 2. The van der Waals surface area contributed by atoms with Crippen molar-refractivity contribution in [3.8, 4) is 0 Å². The number of rotatable bonds is 2. The Hall–Kier alpha value is -2.43. The Labute approximate surface area is 98.1 Å². The minimum Gasteiger partial charge on any atom is -0.307 e. The van der Waals surface area contributed by atoms with Crippen molar-refractivity contribution < 1.29 is 9.59 Å². The quantitative estimate of drug-likeness (QED) is 0.802. The summed E-state index contributed by atoms with van der Waals surface area (Å²) in [5.41, 5.74) is 1.14. The first-order valence-corrected chi connectivity index (χ1v) is 5.07. The molecule has 2 aromatic rings. The molecular weight excluding hydrogens is 218 g/mol. The van der Waals surface area contributed by atoms with E-state index < -0.39 is 0 Å². The molecule has 86 valence electrons. The Kier molecular flexibility index (Phi) is 3.00. The lowest BCUT2D eigenvalue weighted by molar-refractivity contribution is 0.101. The van der Waals surface area contributed by atoms with E-state index in [2.05, 4.69) is 10.3 Å². The van der Waals surface area contributed by atoms with E-state index >= 15 is 0 Å². The van der Waals surface area contributed by atoms with Crippen LogP contribution < -0.4 is 5.32 Å². The van der Waals surface area contributed by atoms with Crippen LogP contribution in [0.4, 0.5) is 10.5 Å². The number of anilines is 1. The molecule has 0 saturated heterocycles. The molecule has 1 aromatic carbocycles. The van der Waals surface area contributed by atoms with Crippen LogP contribution in [0.1, 0.15) is 17.3 Å². The second kappa shape index (κ2) is 4.61. The summed E-state index contributed by atoms with van der Waals surface area (Å²) in [5, 5.41) is 2.67. The van der Waals surface area contributed by atoms with Gasteiger partial charge in [0.05, 0.1) is 0 Å². The van der Waals surface area contributed by atoms with E-state index in [0.29, 0.717) is 11.3 Å². The van der Waals surface area contributed by atoms with Gasteiger partial charge in [0.1, 0.15) is 6.33 Å². The fourth-order valence-corrected chi connectivity index (χ4v) is 1.38. The Morgan fingerprint density at radius 3 is 2.82 bits per heavy atom. The van der Waals surface area contributed by atoms with Crippen molar-refractivity contribution in [2.75, 3.05) is 5.32 Å². The summed E-state index contributed by atoms with van der Waals surface area (Å²) < 4.78 is 1.32. The lowest BCUT2D eigenvalue weighted by Gasteiger charge is -2.06. The van der Waals surface area contributed by atoms with Gasteiger partial charge in [0.15, 0.2) is 5.78 Å². The number of Topliss-reactive ketones (excluding diaryl/α,β-unsaturated/α-hetero) is 1. The largest absolute Gasteiger partial charge is 0.331 e. The monoisotopic (exact) mass is 229 g/mol. The summed E-state index contributed by atoms with van der Waals surface area (Å²) in [4.78, 5) is 26.6. The van der Waals surface area contributed by atoms with Crippen LogP contribution in [0.3, 0.4) is 0 Å². The molecule has 17 heavy (non-hydrogen) atoms. The number of nitrogens with zero attached hydrogens (tertiary/aromatic N) is 2. The molecule has 0 saturated carbocycles. The van der Waals surface area contributed by atoms with Gasteiger partial charge in [0.25, 0.3) is 0 Å². The van der Waals surface area contributed by atoms with Crippen molar-refractivity contribution in [2.24, 2.45) is 0 Å². The van der Waals surface area contributed by atoms with E-state index in [4.69, 9.17) is 0 Å². The van der Waals surface area contributed by atoms with Crippen molar-refractivity contribution in [2.45, 2.75) is 6.92 Å². The van der Waals surface area contributed by atoms with Gasteiger partial charge in [-0.05, 0) is 19.1 Å². The molecule has 0 aliphatic heterocycles. The van der Waals surface area contributed by atoms with Crippen LogP contribution in [0.2, 0.25) is 0 Å². The highest BCUT2D eigenvalue weighted by atomic mass is 16.2. The Morgan fingerprint density at radius 2 is 2.18 bits per heavy atom. The molecule has 2 rings (SSSR count). The smallest absolute Gasteiger partial charge is 0.307 e. The van der Waals surface area contributed by atoms with Gasteiger partial charge in [-0.3, -0.25) is 9.36 Å². The molecule has 1 aromatic heterocycles. The summed E-state index contributed by atoms with van der Waals surface area (Å²) in [6.07, 6.45) is 4.47. The van der Waals surface area contributed by atoms with Gasteiger partial charge in [-0.2, -0.15) is 0 Å². The highest BCUT2D eigenvalue weighted by Crippen LogP contribution is 2.11. The number of hydrogen-bond donors (Lipinski definition) is 1. The highest BCUT2D eigenvalue weighted by molar-refractivity contribution is 5.97. The molecule has 0 unspecified atom stereocenters. The van der Waals surface area contributed by atoms with Crippen molar-refractivity contribution in [1.29, 1.82) is 0 Å². The minimum atomic E-state index is -0.316. The highest BCUT2D eigenvalue weighted by Gasteiger charge is 2.05. The predicted octanol–water partition coefficient (Wildman–Crippen LogP) is 2.17. The molecule has 1 N–H and O–H groups in total. The Balaban J connectivity index is 2.16. The fraction of sp³-hybridized carbons (Fsp3) is 0.0833. The molecule has 5 nitrogen and oxygen atoms in total. The lowest BCUT2D eigenvalue weighted by atomic mass is 10.1. The van der Waals surface area contributed by atoms with E-state index in [-0.39, 0.29) is 11.8 Å². The number of hydrogen-bond acceptors (Lipinski definition) is 3. The summed E-state index contributed by atoms with van der Waals surface area (Å²) in [6.45, 7) is 1.48. The first kappa shape index (κ1) is 11.1. The number of carbonyl (C=O) groups is 2. The minimum absolute atomic E-state index is 0.0382. The van der Waals surface area contributed by atoms with Gasteiger partial charge < -0.3 is 5.32 Å². The molecule has 0 atom stereocenters. The van der Waals surface area contributed by atoms with Crippen LogP contribution in [0, 0.1) is 0 Å². The molecule has 0 spiro atoms. The maximum atomic E-state index is 11.7.